The molecule has 2 aromatic heterocycles. The van der Waals surface area contributed by atoms with Crippen molar-refractivity contribution >= 4 is 17.6 Å². The standard InChI is InChI=1S/C19H18N6O2/c1-12(14-5-4-13(9-20)10-22-14)23-16(26)11-25-18(27)24-15-3-2-8-21-17(15)19(25)6-7-19/h2-5,8,10,12H,6-7,11H2,1H3,(H,23,26)(H,24,27)/t12-/m0/s1. The van der Waals surface area contributed by atoms with Crippen LogP contribution in [0.4, 0.5) is 10.5 Å². The molecule has 1 saturated carbocycles. The number of carbonyl (C=O) groups is 2. The molecule has 1 aliphatic carbocycles. The maximum Gasteiger partial charge on any atom is 0.323 e. The van der Waals surface area contributed by atoms with Crippen LogP contribution in [0.5, 0.6) is 0 Å². The average Bonchev–Trinajstić information content (AvgIpc) is 3.47. The summed E-state index contributed by atoms with van der Waals surface area (Å²) in [5.74, 6) is -0.269. The summed E-state index contributed by atoms with van der Waals surface area (Å²) in [7, 11) is 0. The second kappa shape index (κ2) is 6.36. The zero-order chi connectivity index (χ0) is 19.0. The van der Waals surface area contributed by atoms with Gasteiger partial charge in [-0.2, -0.15) is 5.26 Å². The summed E-state index contributed by atoms with van der Waals surface area (Å²) < 4.78 is 0. The summed E-state index contributed by atoms with van der Waals surface area (Å²) in [5.41, 5.74) is 2.17. The Kier molecular flexibility index (Phi) is 4.00. The van der Waals surface area contributed by atoms with Crippen LogP contribution in [0.1, 0.15) is 42.8 Å². The summed E-state index contributed by atoms with van der Waals surface area (Å²) >= 11 is 0. The third-order valence-corrected chi connectivity index (χ3v) is 5.01. The van der Waals surface area contributed by atoms with E-state index in [9.17, 15) is 9.59 Å². The fraction of sp³-hybridized carbons (Fsp3) is 0.316. The molecule has 3 heterocycles. The molecule has 8 nitrogen and oxygen atoms in total. The molecule has 8 heteroatoms. The third-order valence-electron chi connectivity index (χ3n) is 5.01. The zero-order valence-corrected chi connectivity index (χ0v) is 14.8. The Hall–Kier alpha value is -3.47. The van der Waals surface area contributed by atoms with Crippen molar-refractivity contribution in [3.05, 3.63) is 53.6 Å². The fourth-order valence-electron chi connectivity index (χ4n) is 3.46. The quantitative estimate of drug-likeness (QED) is 0.865. The van der Waals surface area contributed by atoms with Crippen molar-refractivity contribution in [3.8, 4) is 6.07 Å². The number of aromatic nitrogens is 2. The van der Waals surface area contributed by atoms with Crippen LogP contribution in [0.2, 0.25) is 0 Å². The highest BCUT2D eigenvalue weighted by atomic mass is 16.2. The Balaban J connectivity index is 1.46. The zero-order valence-electron chi connectivity index (χ0n) is 14.8. The normalized spacial score (nSPS) is 17.5. The van der Waals surface area contributed by atoms with Crippen LogP contribution >= 0.6 is 0 Å². The molecule has 1 aliphatic heterocycles. The lowest BCUT2D eigenvalue weighted by Crippen LogP contribution is -2.51. The smallest absolute Gasteiger partial charge is 0.323 e. The number of nitrogens with zero attached hydrogens (tertiary/aromatic N) is 4. The van der Waals surface area contributed by atoms with Gasteiger partial charge in [-0.3, -0.25) is 14.8 Å². The van der Waals surface area contributed by atoms with Crippen molar-refractivity contribution < 1.29 is 9.59 Å². The molecule has 0 bridgehead atoms. The SMILES string of the molecule is C[C@H](NC(=O)CN1C(=O)Nc2cccnc2C12CC2)c1ccc(C#N)cn1. The van der Waals surface area contributed by atoms with Crippen LogP contribution in [0.3, 0.4) is 0 Å². The Bertz CT molecular complexity index is 945. The molecule has 136 valence electrons. The van der Waals surface area contributed by atoms with E-state index in [4.69, 9.17) is 5.26 Å². The van der Waals surface area contributed by atoms with E-state index in [0.29, 0.717) is 16.9 Å². The molecule has 0 saturated heterocycles. The molecule has 2 aromatic rings. The van der Waals surface area contributed by atoms with E-state index in [2.05, 4.69) is 20.6 Å². The Labute approximate surface area is 156 Å². The summed E-state index contributed by atoms with van der Waals surface area (Å²) in [6.07, 6.45) is 4.76. The van der Waals surface area contributed by atoms with Crippen molar-refractivity contribution in [1.29, 1.82) is 5.26 Å². The number of nitriles is 1. The van der Waals surface area contributed by atoms with Gasteiger partial charge < -0.3 is 15.5 Å². The summed E-state index contributed by atoms with van der Waals surface area (Å²) in [6, 6.07) is 8.37. The number of nitrogens with one attached hydrogen (secondary N) is 2. The van der Waals surface area contributed by atoms with E-state index >= 15 is 0 Å². The predicted octanol–water partition coefficient (Wildman–Crippen LogP) is 2.06. The van der Waals surface area contributed by atoms with Crippen LogP contribution in [0, 0.1) is 11.3 Å². The van der Waals surface area contributed by atoms with E-state index in [1.54, 1.807) is 29.3 Å². The topological polar surface area (TPSA) is 111 Å². The van der Waals surface area contributed by atoms with Gasteiger partial charge in [0, 0.05) is 12.4 Å². The third kappa shape index (κ3) is 2.97. The highest BCUT2D eigenvalue weighted by Crippen LogP contribution is 2.54. The number of carbonyl (C=O) groups excluding carboxylic acids is 2. The molecule has 2 aliphatic rings. The highest BCUT2D eigenvalue weighted by molar-refractivity contribution is 5.96. The van der Waals surface area contributed by atoms with Crippen molar-refractivity contribution in [2.75, 3.05) is 11.9 Å². The lowest BCUT2D eigenvalue weighted by atomic mass is 10.0. The van der Waals surface area contributed by atoms with Crippen LogP contribution < -0.4 is 10.6 Å². The largest absolute Gasteiger partial charge is 0.346 e. The maximum absolute atomic E-state index is 12.6. The summed E-state index contributed by atoms with van der Waals surface area (Å²) in [6.45, 7) is 1.76. The minimum absolute atomic E-state index is 0.0531. The molecule has 0 unspecified atom stereocenters. The molecule has 0 aromatic carbocycles. The van der Waals surface area contributed by atoms with E-state index < -0.39 is 5.54 Å². The Morgan fingerprint density at radius 2 is 2.22 bits per heavy atom. The van der Waals surface area contributed by atoms with E-state index in [1.165, 1.54) is 6.20 Å². The van der Waals surface area contributed by atoms with Gasteiger partial charge in [0.05, 0.1) is 34.2 Å². The number of fused-ring (bicyclic) bond motifs is 2. The highest BCUT2D eigenvalue weighted by Gasteiger charge is 2.56. The lowest BCUT2D eigenvalue weighted by molar-refractivity contribution is -0.123. The van der Waals surface area contributed by atoms with Gasteiger partial charge in [0.15, 0.2) is 0 Å². The van der Waals surface area contributed by atoms with Gasteiger partial charge in [0.2, 0.25) is 5.91 Å². The summed E-state index contributed by atoms with van der Waals surface area (Å²) in [5, 5.41) is 14.5. The second-order valence-corrected chi connectivity index (χ2v) is 6.82. The number of urea groups is 1. The van der Waals surface area contributed by atoms with Gasteiger partial charge in [-0.25, -0.2) is 4.79 Å². The van der Waals surface area contributed by atoms with Gasteiger partial charge in [0.25, 0.3) is 0 Å². The minimum Gasteiger partial charge on any atom is -0.346 e. The van der Waals surface area contributed by atoms with Crippen molar-refractivity contribution in [2.45, 2.75) is 31.3 Å². The molecule has 1 fully saturated rings. The van der Waals surface area contributed by atoms with Gasteiger partial charge in [-0.1, -0.05) is 0 Å². The fourth-order valence-corrected chi connectivity index (χ4v) is 3.46. The first-order chi connectivity index (χ1) is 13.0. The first-order valence-corrected chi connectivity index (χ1v) is 8.73. The molecular weight excluding hydrogens is 344 g/mol. The van der Waals surface area contributed by atoms with Gasteiger partial charge in [0.1, 0.15) is 12.6 Å². The van der Waals surface area contributed by atoms with Gasteiger partial charge >= 0.3 is 6.03 Å². The van der Waals surface area contributed by atoms with E-state index in [1.807, 2.05) is 19.1 Å². The Morgan fingerprint density at radius 1 is 1.41 bits per heavy atom. The number of hydrogen-bond acceptors (Lipinski definition) is 5. The monoisotopic (exact) mass is 362 g/mol. The van der Waals surface area contributed by atoms with Crippen LogP contribution in [-0.2, 0) is 10.3 Å². The van der Waals surface area contributed by atoms with Crippen LogP contribution in [0.25, 0.3) is 0 Å². The van der Waals surface area contributed by atoms with Gasteiger partial charge in [-0.05, 0) is 44.0 Å². The predicted molar refractivity (Wildman–Crippen MR) is 96.4 cm³/mol. The number of anilines is 1. The molecule has 3 amide bonds. The summed E-state index contributed by atoms with van der Waals surface area (Å²) in [4.78, 5) is 35.3. The molecule has 1 spiro atoms. The molecule has 1 atom stereocenters. The molecular formula is C19H18N6O2. The molecule has 4 rings (SSSR count). The van der Waals surface area contributed by atoms with Crippen LogP contribution in [-0.4, -0.2) is 33.4 Å². The number of amides is 3. The van der Waals surface area contributed by atoms with Crippen LogP contribution in [0.15, 0.2) is 36.7 Å². The maximum atomic E-state index is 12.6. The molecule has 2 N–H and O–H groups in total. The first kappa shape index (κ1) is 17.0. The number of pyridine rings is 2. The van der Waals surface area contributed by atoms with Crippen molar-refractivity contribution in [2.24, 2.45) is 0 Å². The van der Waals surface area contributed by atoms with E-state index in [0.717, 1.165) is 18.5 Å². The molecule has 0 radical (unpaired) electrons. The Morgan fingerprint density at radius 3 is 2.89 bits per heavy atom. The van der Waals surface area contributed by atoms with Crippen molar-refractivity contribution in [3.63, 3.8) is 0 Å². The number of hydrogen-bond donors (Lipinski definition) is 2. The number of rotatable bonds is 4. The lowest BCUT2D eigenvalue weighted by Gasteiger charge is -2.36. The van der Waals surface area contributed by atoms with Crippen molar-refractivity contribution in [1.82, 2.24) is 20.2 Å². The average molecular weight is 362 g/mol. The second-order valence-electron chi connectivity index (χ2n) is 6.82. The van der Waals surface area contributed by atoms with Gasteiger partial charge in [-0.15, -0.1) is 0 Å². The minimum atomic E-state index is -0.480. The molecule has 27 heavy (non-hydrogen) atoms. The van der Waals surface area contributed by atoms with E-state index in [-0.39, 0.29) is 24.5 Å². The first-order valence-electron chi connectivity index (χ1n) is 8.73.